The third kappa shape index (κ3) is 3.78. The van der Waals surface area contributed by atoms with Crippen LogP contribution in [0.25, 0.3) is 0 Å². The number of carbonyl (C=O) groups is 1. The summed E-state index contributed by atoms with van der Waals surface area (Å²) in [6.45, 7) is 0. The quantitative estimate of drug-likeness (QED) is 0.669. The predicted octanol–water partition coefficient (Wildman–Crippen LogP) is 4.25. The minimum Gasteiger partial charge on any atom is -0.399 e. The average Bonchev–Trinajstić information content (AvgIpc) is 2.25. The fourth-order valence-corrected chi connectivity index (χ4v) is 2.53. The number of Topliss-reactive ketones (excluding diaryl/α,β-unsaturated/α-hetero) is 1. The van der Waals surface area contributed by atoms with Crippen LogP contribution >= 0.6 is 27.5 Å². The normalized spacial score (nSPS) is 10.5. The molecule has 0 aliphatic carbocycles. The van der Waals surface area contributed by atoms with Gasteiger partial charge >= 0.3 is 0 Å². The molecule has 0 aromatic heterocycles. The van der Waals surface area contributed by atoms with E-state index in [0.29, 0.717) is 26.3 Å². The van der Waals surface area contributed by atoms with Gasteiger partial charge in [-0.25, -0.2) is 4.39 Å². The van der Waals surface area contributed by atoms with Crippen LogP contribution in [0.3, 0.4) is 0 Å². The van der Waals surface area contributed by atoms with Crippen molar-refractivity contribution in [3.63, 3.8) is 0 Å². The largest absolute Gasteiger partial charge is 0.399 e. The molecule has 2 N–H and O–H groups in total. The maximum Gasteiger partial charge on any atom is 0.167 e. The molecule has 0 heterocycles. The lowest BCUT2D eigenvalue weighted by Gasteiger charge is -2.05. The second-order valence-corrected chi connectivity index (χ2v) is 5.50. The summed E-state index contributed by atoms with van der Waals surface area (Å²) in [5, 5.41) is 0.406. The lowest BCUT2D eigenvalue weighted by Crippen LogP contribution is -2.04. The van der Waals surface area contributed by atoms with Gasteiger partial charge in [0.05, 0.1) is 0 Å². The van der Waals surface area contributed by atoms with E-state index in [4.69, 9.17) is 17.3 Å². The van der Waals surface area contributed by atoms with E-state index in [1.165, 1.54) is 12.1 Å². The van der Waals surface area contributed by atoms with Crippen molar-refractivity contribution in [1.82, 2.24) is 0 Å². The molecule has 0 saturated heterocycles. The van der Waals surface area contributed by atoms with Gasteiger partial charge < -0.3 is 5.73 Å². The Morgan fingerprint density at radius 3 is 2.58 bits per heavy atom. The molecule has 0 spiro atoms. The van der Waals surface area contributed by atoms with Gasteiger partial charge in [-0.1, -0.05) is 27.5 Å². The molecule has 0 amide bonds. The first-order valence-electron chi connectivity index (χ1n) is 5.48. The Morgan fingerprint density at radius 1 is 1.21 bits per heavy atom. The molecular weight excluding hydrogens is 333 g/mol. The molecule has 19 heavy (non-hydrogen) atoms. The van der Waals surface area contributed by atoms with Gasteiger partial charge in [-0.2, -0.15) is 0 Å². The van der Waals surface area contributed by atoms with Gasteiger partial charge in [0.1, 0.15) is 5.82 Å². The van der Waals surface area contributed by atoms with Crippen molar-refractivity contribution in [2.75, 3.05) is 5.73 Å². The minimum absolute atomic E-state index is 0.0934. The van der Waals surface area contributed by atoms with Gasteiger partial charge in [-0.15, -0.1) is 0 Å². The number of ketones is 1. The van der Waals surface area contributed by atoms with Gasteiger partial charge in [0.2, 0.25) is 0 Å². The highest BCUT2D eigenvalue weighted by atomic mass is 79.9. The summed E-state index contributed by atoms with van der Waals surface area (Å²) >= 11 is 9.04. The zero-order valence-electron chi connectivity index (χ0n) is 9.79. The molecular formula is C14H10BrClFNO. The Hall–Kier alpha value is -1.39. The fraction of sp³-hybridized carbons (Fsp3) is 0.0714. The first-order valence-corrected chi connectivity index (χ1v) is 6.65. The number of anilines is 1. The standard InChI is InChI=1S/C14H10BrClFNO/c15-10-1-8(2-12(17)6-10)3-14(19)9-4-11(16)7-13(18)5-9/h1-2,4-7H,3,18H2. The van der Waals surface area contributed by atoms with Gasteiger partial charge in [0.25, 0.3) is 0 Å². The van der Waals surface area contributed by atoms with E-state index < -0.39 is 0 Å². The van der Waals surface area contributed by atoms with Gasteiger partial charge in [0.15, 0.2) is 5.78 Å². The van der Waals surface area contributed by atoms with E-state index >= 15 is 0 Å². The lowest BCUT2D eigenvalue weighted by atomic mass is 10.0. The molecule has 2 aromatic rings. The Morgan fingerprint density at radius 2 is 1.95 bits per heavy atom. The van der Waals surface area contributed by atoms with Crippen molar-refractivity contribution in [2.45, 2.75) is 6.42 Å². The maximum absolute atomic E-state index is 13.2. The Balaban J connectivity index is 2.25. The highest BCUT2D eigenvalue weighted by Crippen LogP contribution is 2.20. The summed E-state index contributed by atoms with van der Waals surface area (Å²) < 4.78 is 13.8. The van der Waals surface area contributed by atoms with Crippen LogP contribution < -0.4 is 5.73 Å². The van der Waals surface area contributed by atoms with E-state index in [0.717, 1.165) is 0 Å². The Bertz CT molecular complexity index is 605. The summed E-state index contributed by atoms with van der Waals surface area (Å²) in [6, 6.07) is 9.05. The molecule has 0 aliphatic rings. The van der Waals surface area contributed by atoms with Gasteiger partial charge in [-0.05, 0) is 42.0 Å². The molecule has 98 valence electrons. The van der Waals surface area contributed by atoms with Crippen LogP contribution in [0.1, 0.15) is 15.9 Å². The number of carbonyl (C=O) groups excluding carboxylic acids is 1. The monoisotopic (exact) mass is 341 g/mol. The SMILES string of the molecule is Nc1cc(Cl)cc(C(=O)Cc2cc(F)cc(Br)c2)c1. The predicted molar refractivity (Wildman–Crippen MR) is 78.0 cm³/mol. The van der Waals surface area contributed by atoms with Gasteiger partial charge in [0, 0.05) is 27.2 Å². The highest BCUT2D eigenvalue weighted by molar-refractivity contribution is 9.10. The van der Waals surface area contributed by atoms with E-state index in [1.54, 1.807) is 24.3 Å². The summed E-state index contributed by atoms with van der Waals surface area (Å²) in [6.07, 6.45) is 0.0934. The zero-order valence-corrected chi connectivity index (χ0v) is 12.1. The second-order valence-electron chi connectivity index (χ2n) is 4.15. The summed E-state index contributed by atoms with van der Waals surface area (Å²) in [4.78, 5) is 12.1. The van der Waals surface area contributed by atoms with Crippen LogP contribution in [-0.2, 0) is 6.42 Å². The number of benzene rings is 2. The fourth-order valence-electron chi connectivity index (χ4n) is 1.77. The average molecular weight is 343 g/mol. The molecule has 0 aliphatic heterocycles. The summed E-state index contributed by atoms with van der Waals surface area (Å²) in [5.41, 5.74) is 7.08. The third-order valence-electron chi connectivity index (χ3n) is 2.53. The topological polar surface area (TPSA) is 43.1 Å². The van der Waals surface area contributed by atoms with Crippen LogP contribution in [0.2, 0.25) is 5.02 Å². The van der Waals surface area contributed by atoms with E-state index in [9.17, 15) is 9.18 Å². The van der Waals surface area contributed by atoms with Crippen molar-refractivity contribution in [3.05, 3.63) is 62.8 Å². The molecule has 2 rings (SSSR count). The smallest absolute Gasteiger partial charge is 0.167 e. The summed E-state index contributed by atoms with van der Waals surface area (Å²) in [7, 11) is 0. The summed E-state index contributed by atoms with van der Waals surface area (Å²) in [5.74, 6) is -0.547. The van der Waals surface area contributed by atoms with Crippen LogP contribution in [-0.4, -0.2) is 5.78 Å². The van der Waals surface area contributed by atoms with Gasteiger partial charge in [-0.3, -0.25) is 4.79 Å². The zero-order chi connectivity index (χ0) is 14.0. The van der Waals surface area contributed by atoms with Crippen LogP contribution in [0.4, 0.5) is 10.1 Å². The molecule has 0 saturated carbocycles. The molecule has 0 radical (unpaired) electrons. The molecule has 0 bridgehead atoms. The number of hydrogen-bond donors (Lipinski definition) is 1. The minimum atomic E-state index is -0.386. The second kappa shape index (κ2) is 5.72. The number of hydrogen-bond acceptors (Lipinski definition) is 2. The maximum atomic E-state index is 13.2. The van der Waals surface area contributed by atoms with Crippen molar-refractivity contribution < 1.29 is 9.18 Å². The van der Waals surface area contributed by atoms with E-state index in [1.807, 2.05) is 0 Å². The number of rotatable bonds is 3. The molecule has 0 atom stereocenters. The number of nitrogen functional groups attached to an aromatic ring is 1. The van der Waals surface area contributed by atoms with E-state index in [2.05, 4.69) is 15.9 Å². The number of halogens is 3. The molecule has 2 nitrogen and oxygen atoms in total. The molecule has 5 heteroatoms. The number of nitrogens with two attached hydrogens (primary N) is 1. The van der Waals surface area contributed by atoms with Crippen LogP contribution in [0, 0.1) is 5.82 Å². The van der Waals surface area contributed by atoms with E-state index in [-0.39, 0.29) is 18.0 Å². The highest BCUT2D eigenvalue weighted by Gasteiger charge is 2.10. The Kier molecular flexibility index (Phi) is 4.22. The molecule has 0 fully saturated rings. The van der Waals surface area contributed by atoms with Crippen molar-refractivity contribution >= 4 is 39.0 Å². The van der Waals surface area contributed by atoms with Crippen molar-refractivity contribution in [3.8, 4) is 0 Å². The Labute approximate surface area is 123 Å². The molecule has 0 unspecified atom stereocenters. The van der Waals surface area contributed by atoms with Crippen molar-refractivity contribution in [2.24, 2.45) is 0 Å². The van der Waals surface area contributed by atoms with Crippen molar-refractivity contribution in [1.29, 1.82) is 0 Å². The van der Waals surface area contributed by atoms with Crippen LogP contribution in [0.15, 0.2) is 40.9 Å². The first kappa shape index (κ1) is 14.0. The van der Waals surface area contributed by atoms with Crippen LogP contribution in [0.5, 0.6) is 0 Å². The molecule has 2 aromatic carbocycles. The first-order chi connectivity index (χ1) is 8.94. The lowest BCUT2D eigenvalue weighted by molar-refractivity contribution is 0.0993. The third-order valence-corrected chi connectivity index (χ3v) is 3.21.